The van der Waals surface area contributed by atoms with Gasteiger partial charge in [0.15, 0.2) is 0 Å². The number of nitrogens with zero attached hydrogens (tertiary/aromatic N) is 1. The van der Waals surface area contributed by atoms with Crippen LogP contribution in [0.1, 0.15) is 30.0 Å². The zero-order valence-electron chi connectivity index (χ0n) is 15.2. The van der Waals surface area contributed by atoms with Crippen molar-refractivity contribution in [1.82, 2.24) is 9.03 Å². The lowest BCUT2D eigenvalue weighted by Gasteiger charge is -2.19. The number of rotatable bonds is 5. The van der Waals surface area contributed by atoms with E-state index in [1.165, 1.54) is 28.6 Å². The summed E-state index contributed by atoms with van der Waals surface area (Å²) >= 11 is 0. The molecule has 2 atom stereocenters. The Morgan fingerprint density at radius 2 is 1.50 bits per heavy atom. The molecule has 0 saturated carbocycles. The molecule has 1 saturated heterocycles. The Balaban J connectivity index is 1.57. The zero-order chi connectivity index (χ0) is 19.9. The first-order valence-corrected chi connectivity index (χ1v) is 12.1. The standard InChI is InChI=1S/C19H22N2O5S2/c22-18-13-14-5-1-2-6-17(14)19(18)20-27(23,24)15-7-9-16(10-8-15)28(25,26)21-11-3-4-12-21/h1-2,5-10,18-20,22H,3-4,11-13H2/t18-,19-/m1/s1. The highest BCUT2D eigenvalue weighted by Crippen LogP contribution is 2.32. The van der Waals surface area contributed by atoms with E-state index in [4.69, 9.17) is 0 Å². The minimum Gasteiger partial charge on any atom is -0.391 e. The van der Waals surface area contributed by atoms with Crippen LogP contribution in [0.15, 0.2) is 58.3 Å². The van der Waals surface area contributed by atoms with Crippen molar-refractivity contribution in [3.63, 3.8) is 0 Å². The zero-order valence-corrected chi connectivity index (χ0v) is 16.8. The van der Waals surface area contributed by atoms with Gasteiger partial charge in [0.2, 0.25) is 20.0 Å². The number of aliphatic hydroxyl groups is 1. The maximum Gasteiger partial charge on any atom is 0.243 e. The second-order valence-electron chi connectivity index (χ2n) is 7.15. The predicted octanol–water partition coefficient (Wildman–Crippen LogP) is 1.41. The molecule has 0 bridgehead atoms. The molecule has 2 aromatic carbocycles. The SMILES string of the molecule is O=S(=O)(N[C@@H]1c2ccccc2C[C@H]1O)c1ccc(S(=O)(=O)N2CCCC2)cc1. The maximum absolute atomic E-state index is 12.8. The molecule has 1 heterocycles. The van der Waals surface area contributed by atoms with Crippen LogP contribution in [0.4, 0.5) is 0 Å². The van der Waals surface area contributed by atoms with E-state index in [2.05, 4.69) is 4.72 Å². The minimum absolute atomic E-state index is 0.0375. The van der Waals surface area contributed by atoms with Crippen molar-refractivity contribution < 1.29 is 21.9 Å². The lowest BCUT2D eigenvalue weighted by Crippen LogP contribution is -2.34. The molecule has 0 spiro atoms. The summed E-state index contributed by atoms with van der Waals surface area (Å²) in [6.07, 6.45) is 1.21. The molecule has 0 amide bonds. The lowest BCUT2D eigenvalue weighted by molar-refractivity contribution is 0.151. The smallest absolute Gasteiger partial charge is 0.243 e. The highest BCUT2D eigenvalue weighted by atomic mass is 32.2. The van der Waals surface area contributed by atoms with Gasteiger partial charge in [-0.25, -0.2) is 21.6 Å². The molecule has 1 fully saturated rings. The van der Waals surface area contributed by atoms with E-state index in [-0.39, 0.29) is 9.79 Å². The summed E-state index contributed by atoms with van der Waals surface area (Å²) in [6.45, 7) is 0.978. The molecule has 2 aliphatic rings. The number of hydrogen-bond donors (Lipinski definition) is 2. The minimum atomic E-state index is -3.92. The van der Waals surface area contributed by atoms with E-state index in [1.807, 2.05) is 12.1 Å². The van der Waals surface area contributed by atoms with Crippen LogP contribution in [0.2, 0.25) is 0 Å². The Kier molecular flexibility index (Phi) is 5.05. The van der Waals surface area contributed by atoms with E-state index in [1.54, 1.807) is 12.1 Å². The van der Waals surface area contributed by atoms with E-state index < -0.39 is 32.2 Å². The van der Waals surface area contributed by atoms with Crippen molar-refractivity contribution >= 4 is 20.0 Å². The summed E-state index contributed by atoms with van der Waals surface area (Å²) in [6, 6.07) is 11.8. The van der Waals surface area contributed by atoms with Crippen LogP contribution in [0.5, 0.6) is 0 Å². The average Bonchev–Trinajstić information content (AvgIpc) is 3.31. The topological polar surface area (TPSA) is 104 Å². The van der Waals surface area contributed by atoms with Gasteiger partial charge in [-0.15, -0.1) is 0 Å². The second-order valence-corrected chi connectivity index (χ2v) is 10.8. The molecule has 1 aliphatic carbocycles. The quantitative estimate of drug-likeness (QED) is 0.758. The summed E-state index contributed by atoms with van der Waals surface area (Å²) in [5.41, 5.74) is 1.67. The third kappa shape index (κ3) is 3.48. The van der Waals surface area contributed by atoms with Crippen molar-refractivity contribution in [1.29, 1.82) is 0 Å². The monoisotopic (exact) mass is 422 g/mol. The fourth-order valence-corrected chi connectivity index (χ4v) is 6.59. The van der Waals surface area contributed by atoms with E-state index >= 15 is 0 Å². The summed E-state index contributed by atoms with van der Waals surface area (Å²) in [5.74, 6) is 0. The first-order chi connectivity index (χ1) is 13.3. The Bertz CT molecular complexity index is 1080. The lowest BCUT2D eigenvalue weighted by atomic mass is 10.1. The van der Waals surface area contributed by atoms with Gasteiger partial charge in [-0.05, 0) is 48.2 Å². The van der Waals surface area contributed by atoms with Gasteiger partial charge < -0.3 is 5.11 Å². The van der Waals surface area contributed by atoms with Crippen LogP contribution < -0.4 is 4.72 Å². The van der Waals surface area contributed by atoms with Gasteiger partial charge in [0.1, 0.15) is 0 Å². The molecule has 9 heteroatoms. The second kappa shape index (κ2) is 7.23. The van der Waals surface area contributed by atoms with Gasteiger partial charge in [-0.1, -0.05) is 24.3 Å². The molecule has 4 rings (SSSR count). The van der Waals surface area contributed by atoms with Crippen molar-refractivity contribution in [3.8, 4) is 0 Å². The van der Waals surface area contributed by atoms with E-state index in [0.717, 1.165) is 24.0 Å². The van der Waals surface area contributed by atoms with Gasteiger partial charge in [-0.3, -0.25) is 0 Å². The normalized spacial score (nSPS) is 23.0. The van der Waals surface area contributed by atoms with Crippen molar-refractivity contribution in [3.05, 3.63) is 59.7 Å². The van der Waals surface area contributed by atoms with Gasteiger partial charge in [-0.2, -0.15) is 4.31 Å². The van der Waals surface area contributed by atoms with Crippen LogP contribution in [-0.2, 0) is 26.5 Å². The van der Waals surface area contributed by atoms with Crippen molar-refractivity contribution in [2.75, 3.05) is 13.1 Å². The van der Waals surface area contributed by atoms with Crippen LogP contribution in [-0.4, -0.2) is 45.4 Å². The van der Waals surface area contributed by atoms with Gasteiger partial charge >= 0.3 is 0 Å². The molecule has 1 aliphatic heterocycles. The molecule has 7 nitrogen and oxygen atoms in total. The number of benzene rings is 2. The molecule has 150 valence electrons. The van der Waals surface area contributed by atoms with Crippen LogP contribution in [0.25, 0.3) is 0 Å². The summed E-state index contributed by atoms with van der Waals surface area (Å²) in [4.78, 5) is 0.0454. The fourth-order valence-electron chi connectivity index (χ4n) is 3.82. The Morgan fingerprint density at radius 3 is 2.18 bits per heavy atom. The molecular formula is C19H22N2O5S2. The van der Waals surface area contributed by atoms with E-state index in [9.17, 15) is 21.9 Å². The van der Waals surface area contributed by atoms with Gasteiger partial charge in [0, 0.05) is 19.5 Å². The maximum atomic E-state index is 12.8. The van der Waals surface area contributed by atoms with Crippen LogP contribution >= 0.6 is 0 Å². The summed E-state index contributed by atoms with van der Waals surface area (Å²) in [7, 11) is -7.51. The fraction of sp³-hybridized carbons (Fsp3) is 0.368. The number of hydrogen-bond acceptors (Lipinski definition) is 5. The number of sulfonamides is 2. The molecule has 0 unspecified atom stereocenters. The van der Waals surface area contributed by atoms with Crippen LogP contribution in [0.3, 0.4) is 0 Å². The predicted molar refractivity (Wildman–Crippen MR) is 104 cm³/mol. The third-order valence-corrected chi connectivity index (χ3v) is 8.69. The van der Waals surface area contributed by atoms with Gasteiger partial charge in [0.25, 0.3) is 0 Å². The third-order valence-electron chi connectivity index (χ3n) is 5.32. The first kappa shape index (κ1) is 19.5. The van der Waals surface area contributed by atoms with Crippen molar-refractivity contribution in [2.45, 2.75) is 41.2 Å². The highest BCUT2D eigenvalue weighted by Gasteiger charge is 2.34. The van der Waals surface area contributed by atoms with Crippen molar-refractivity contribution in [2.24, 2.45) is 0 Å². The molecule has 2 aromatic rings. The Morgan fingerprint density at radius 1 is 0.893 bits per heavy atom. The molecule has 2 N–H and O–H groups in total. The Labute approximate surface area is 165 Å². The summed E-state index contributed by atoms with van der Waals surface area (Å²) in [5, 5.41) is 10.3. The molecular weight excluding hydrogens is 400 g/mol. The first-order valence-electron chi connectivity index (χ1n) is 9.17. The highest BCUT2D eigenvalue weighted by molar-refractivity contribution is 7.89. The Hall–Kier alpha value is -1.78. The number of aliphatic hydroxyl groups excluding tert-OH is 1. The van der Waals surface area contributed by atoms with E-state index in [0.29, 0.717) is 19.5 Å². The number of nitrogens with one attached hydrogen (secondary N) is 1. The van der Waals surface area contributed by atoms with Gasteiger partial charge in [0.05, 0.1) is 21.9 Å². The molecule has 28 heavy (non-hydrogen) atoms. The average molecular weight is 423 g/mol. The molecule has 0 radical (unpaired) electrons. The largest absolute Gasteiger partial charge is 0.391 e. The number of fused-ring (bicyclic) bond motifs is 1. The van der Waals surface area contributed by atoms with Crippen LogP contribution in [0, 0.1) is 0 Å². The summed E-state index contributed by atoms with van der Waals surface area (Å²) < 4.78 is 54.7. The molecule has 0 aromatic heterocycles.